The quantitative estimate of drug-likeness (QED) is 0.720. The standard InChI is InChI=1S/C13H25NO/c1-10-4-3-9-14(11(10)2)12-5-7-13(15)8-6-12/h10-13,15H,3-9H2,1-2H3. The zero-order valence-electron chi connectivity index (χ0n) is 10.2. The number of piperidine rings is 1. The lowest BCUT2D eigenvalue weighted by Crippen LogP contribution is -2.49. The summed E-state index contributed by atoms with van der Waals surface area (Å²) in [5.41, 5.74) is 0. The molecule has 2 unspecified atom stereocenters. The minimum atomic E-state index is -0.0150. The average molecular weight is 211 g/mol. The van der Waals surface area contributed by atoms with Crippen LogP contribution in [0.1, 0.15) is 52.4 Å². The van der Waals surface area contributed by atoms with Gasteiger partial charge in [0.2, 0.25) is 0 Å². The van der Waals surface area contributed by atoms with Crippen molar-refractivity contribution in [1.29, 1.82) is 0 Å². The summed E-state index contributed by atoms with van der Waals surface area (Å²) in [6.07, 6.45) is 7.19. The molecular formula is C13H25NO. The molecule has 1 N–H and O–H groups in total. The predicted octanol–water partition coefficient (Wildman–Crippen LogP) is 2.41. The Hall–Kier alpha value is -0.0800. The molecule has 1 saturated carbocycles. The van der Waals surface area contributed by atoms with Crippen molar-refractivity contribution >= 4 is 0 Å². The first-order chi connectivity index (χ1) is 7.18. The van der Waals surface area contributed by atoms with Gasteiger partial charge in [-0.3, -0.25) is 4.90 Å². The van der Waals surface area contributed by atoms with Crippen molar-refractivity contribution in [1.82, 2.24) is 4.90 Å². The van der Waals surface area contributed by atoms with Crippen LogP contribution in [0.15, 0.2) is 0 Å². The smallest absolute Gasteiger partial charge is 0.0541 e. The molecule has 15 heavy (non-hydrogen) atoms. The lowest BCUT2D eigenvalue weighted by Gasteiger charge is -2.44. The number of aliphatic hydroxyl groups is 1. The van der Waals surface area contributed by atoms with Crippen LogP contribution in [0.2, 0.25) is 0 Å². The summed E-state index contributed by atoms with van der Waals surface area (Å²) < 4.78 is 0. The summed E-state index contributed by atoms with van der Waals surface area (Å²) in [4.78, 5) is 2.71. The van der Waals surface area contributed by atoms with Crippen LogP contribution < -0.4 is 0 Å². The maximum atomic E-state index is 9.52. The molecule has 2 fully saturated rings. The second-order valence-corrected chi connectivity index (χ2v) is 5.56. The molecule has 0 spiro atoms. The van der Waals surface area contributed by atoms with Crippen molar-refractivity contribution in [3.8, 4) is 0 Å². The molecule has 0 bridgehead atoms. The second-order valence-electron chi connectivity index (χ2n) is 5.56. The molecule has 2 rings (SSSR count). The minimum Gasteiger partial charge on any atom is -0.393 e. The molecule has 0 aromatic heterocycles. The fraction of sp³-hybridized carbons (Fsp3) is 1.00. The van der Waals surface area contributed by atoms with E-state index >= 15 is 0 Å². The molecular weight excluding hydrogens is 186 g/mol. The fourth-order valence-electron chi connectivity index (χ4n) is 3.27. The Balaban J connectivity index is 1.91. The van der Waals surface area contributed by atoms with Crippen LogP contribution in [0.4, 0.5) is 0 Å². The van der Waals surface area contributed by atoms with Crippen LogP contribution in [0, 0.1) is 5.92 Å². The number of nitrogens with zero attached hydrogens (tertiary/aromatic N) is 1. The van der Waals surface area contributed by atoms with E-state index < -0.39 is 0 Å². The maximum Gasteiger partial charge on any atom is 0.0541 e. The van der Waals surface area contributed by atoms with E-state index in [1.54, 1.807) is 0 Å². The Morgan fingerprint density at radius 1 is 1.00 bits per heavy atom. The first-order valence-corrected chi connectivity index (χ1v) is 6.62. The summed E-state index contributed by atoms with van der Waals surface area (Å²) >= 11 is 0. The van der Waals surface area contributed by atoms with E-state index in [0.717, 1.165) is 30.8 Å². The molecule has 1 aliphatic carbocycles. The summed E-state index contributed by atoms with van der Waals surface area (Å²) in [5.74, 6) is 0.852. The van der Waals surface area contributed by atoms with Gasteiger partial charge < -0.3 is 5.11 Å². The van der Waals surface area contributed by atoms with E-state index in [1.807, 2.05) is 0 Å². The van der Waals surface area contributed by atoms with Crippen molar-refractivity contribution < 1.29 is 5.11 Å². The van der Waals surface area contributed by atoms with E-state index in [-0.39, 0.29) is 6.10 Å². The van der Waals surface area contributed by atoms with E-state index in [4.69, 9.17) is 0 Å². The highest BCUT2D eigenvalue weighted by Crippen LogP contribution is 2.30. The van der Waals surface area contributed by atoms with Crippen LogP contribution in [0.25, 0.3) is 0 Å². The summed E-state index contributed by atoms with van der Waals surface area (Å²) in [5, 5.41) is 9.52. The average Bonchev–Trinajstić information content (AvgIpc) is 2.24. The molecule has 1 aliphatic heterocycles. The number of hydrogen-bond donors (Lipinski definition) is 1. The number of hydrogen-bond acceptors (Lipinski definition) is 2. The molecule has 0 amide bonds. The van der Waals surface area contributed by atoms with Gasteiger partial charge in [0, 0.05) is 12.1 Å². The second kappa shape index (κ2) is 4.84. The van der Waals surface area contributed by atoms with Gasteiger partial charge in [0.15, 0.2) is 0 Å². The molecule has 2 aliphatic rings. The van der Waals surface area contributed by atoms with Gasteiger partial charge in [-0.15, -0.1) is 0 Å². The predicted molar refractivity (Wildman–Crippen MR) is 62.8 cm³/mol. The van der Waals surface area contributed by atoms with Gasteiger partial charge in [-0.1, -0.05) is 6.92 Å². The zero-order chi connectivity index (χ0) is 10.8. The van der Waals surface area contributed by atoms with E-state index in [0.29, 0.717) is 0 Å². The van der Waals surface area contributed by atoms with Crippen LogP contribution in [0.5, 0.6) is 0 Å². The van der Waals surface area contributed by atoms with Gasteiger partial charge in [-0.2, -0.15) is 0 Å². The summed E-state index contributed by atoms with van der Waals surface area (Å²) in [6, 6.07) is 1.50. The maximum absolute atomic E-state index is 9.52. The minimum absolute atomic E-state index is 0.0150. The third-order valence-electron chi connectivity index (χ3n) is 4.56. The molecule has 0 aromatic rings. The van der Waals surface area contributed by atoms with Crippen molar-refractivity contribution in [2.24, 2.45) is 5.92 Å². The first-order valence-electron chi connectivity index (χ1n) is 6.62. The molecule has 0 aromatic carbocycles. The van der Waals surface area contributed by atoms with Crippen molar-refractivity contribution in [3.63, 3.8) is 0 Å². The first kappa shape index (κ1) is 11.4. The van der Waals surface area contributed by atoms with Gasteiger partial charge in [0.05, 0.1) is 6.10 Å². The molecule has 0 radical (unpaired) electrons. The largest absolute Gasteiger partial charge is 0.393 e. The van der Waals surface area contributed by atoms with Crippen LogP contribution in [-0.2, 0) is 0 Å². The molecule has 1 heterocycles. The van der Waals surface area contributed by atoms with Gasteiger partial charge in [-0.25, -0.2) is 0 Å². The van der Waals surface area contributed by atoms with Crippen molar-refractivity contribution in [3.05, 3.63) is 0 Å². The van der Waals surface area contributed by atoms with Crippen molar-refractivity contribution in [2.45, 2.75) is 70.6 Å². The van der Waals surface area contributed by atoms with Gasteiger partial charge in [0.1, 0.15) is 0 Å². The Labute approximate surface area is 93.7 Å². The topological polar surface area (TPSA) is 23.5 Å². The zero-order valence-corrected chi connectivity index (χ0v) is 10.2. The fourth-order valence-corrected chi connectivity index (χ4v) is 3.27. The highest BCUT2D eigenvalue weighted by Gasteiger charge is 2.32. The molecule has 1 saturated heterocycles. The molecule has 88 valence electrons. The third kappa shape index (κ3) is 2.54. The van der Waals surface area contributed by atoms with Crippen LogP contribution >= 0.6 is 0 Å². The molecule has 2 heteroatoms. The third-order valence-corrected chi connectivity index (χ3v) is 4.56. The van der Waals surface area contributed by atoms with Gasteiger partial charge in [0.25, 0.3) is 0 Å². The Morgan fingerprint density at radius 3 is 2.33 bits per heavy atom. The summed E-state index contributed by atoms with van der Waals surface area (Å²) in [7, 11) is 0. The van der Waals surface area contributed by atoms with Gasteiger partial charge in [-0.05, 0) is 57.9 Å². The monoisotopic (exact) mass is 211 g/mol. The lowest BCUT2D eigenvalue weighted by molar-refractivity contribution is 0.0222. The van der Waals surface area contributed by atoms with Crippen LogP contribution in [0.3, 0.4) is 0 Å². The lowest BCUT2D eigenvalue weighted by atomic mass is 9.86. The normalized spacial score (nSPS) is 44.2. The molecule has 2 nitrogen and oxygen atoms in total. The SMILES string of the molecule is CC1CCCN(C2CCC(O)CC2)C1C. The van der Waals surface area contributed by atoms with Gasteiger partial charge >= 0.3 is 0 Å². The Kier molecular flexibility index (Phi) is 3.68. The van der Waals surface area contributed by atoms with E-state index in [2.05, 4.69) is 18.7 Å². The van der Waals surface area contributed by atoms with Crippen LogP contribution in [-0.4, -0.2) is 34.7 Å². The number of rotatable bonds is 1. The number of aliphatic hydroxyl groups excluding tert-OH is 1. The Morgan fingerprint density at radius 2 is 1.67 bits per heavy atom. The van der Waals surface area contributed by atoms with E-state index in [9.17, 15) is 5.11 Å². The van der Waals surface area contributed by atoms with E-state index in [1.165, 1.54) is 32.2 Å². The summed E-state index contributed by atoms with van der Waals surface area (Å²) in [6.45, 7) is 6.05. The van der Waals surface area contributed by atoms with Crippen molar-refractivity contribution in [2.75, 3.05) is 6.54 Å². The molecule has 2 atom stereocenters. The number of likely N-dealkylation sites (tertiary alicyclic amines) is 1. The highest BCUT2D eigenvalue weighted by molar-refractivity contribution is 4.86. The Bertz CT molecular complexity index is 199. The highest BCUT2D eigenvalue weighted by atomic mass is 16.3.